The molecule has 5 heteroatoms. The van der Waals surface area contributed by atoms with Crippen molar-refractivity contribution in [2.24, 2.45) is 5.41 Å². The molecule has 3 nitrogen and oxygen atoms in total. The molecule has 0 saturated carbocycles. The van der Waals surface area contributed by atoms with Gasteiger partial charge in [-0.3, -0.25) is 4.79 Å². The highest BCUT2D eigenvalue weighted by Gasteiger charge is 2.37. The number of hydrogen-bond donors (Lipinski definition) is 2. The van der Waals surface area contributed by atoms with E-state index in [1.54, 1.807) is 18.2 Å². The predicted octanol–water partition coefficient (Wildman–Crippen LogP) is 3.14. The Bertz CT molecular complexity index is 416. The van der Waals surface area contributed by atoms with Crippen LogP contribution >= 0.6 is 23.2 Å². The molecule has 0 aliphatic heterocycles. The van der Waals surface area contributed by atoms with Crippen molar-refractivity contribution in [3.63, 3.8) is 0 Å². The van der Waals surface area contributed by atoms with Crippen LogP contribution in [0.25, 0.3) is 0 Å². The summed E-state index contributed by atoms with van der Waals surface area (Å²) in [5.41, 5.74) is -1.00. The number of carbonyl (C=O) groups is 1. The molecule has 16 heavy (non-hydrogen) atoms. The summed E-state index contributed by atoms with van der Waals surface area (Å²) in [5, 5.41) is 19.5. The Morgan fingerprint density at radius 2 is 1.94 bits per heavy atom. The predicted molar refractivity (Wildman–Crippen MR) is 62.8 cm³/mol. The zero-order valence-corrected chi connectivity index (χ0v) is 10.4. The summed E-state index contributed by atoms with van der Waals surface area (Å²) in [6.07, 6.45) is -1.21. The molecule has 0 aromatic heterocycles. The van der Waals surface area contributed by atoms with Gasteiger partial charge in [-0.05, 0) is 19.9 Å². The largest absolute Gasteiger partial charge is 0.481 e. The highest BCUT2D eigenvalue weighted by Crippen LogP contribution is 2.39. The lowest BCUT2D eigenvalue weighted by atomic mass is 9.83. The minimum atomic E-state index is -1.33. The molecule has 1 rings (SSSR count). The van der Waals surface area contributed by atoms with Crippen LogP contribution in [0, 0.1) is 5.41 Å². The van der Waals surface area contributed by atoms with E-state index in [1.165, 1.54) is 13.8 Å². The van der Waals surface area contributed by atoms with E-state index in [1.807, 2.05) is 0 Å². The maximum absolute atomic E-state index is 11.0. The van der Waals surface area contributed by atoms with Crippen LogP contribution in [0.4, 0.5) is 0 Å². The average Bonchev–Trinajstić information content (AvgIpc) is 2.21. The first kappa shape index (κ1) is 13.3. The van der Waals surface area contributed by atoms with E-state index < -0.39 is 17.5 Å². The van der Waals surface area contributed by atoms with Crippen LogP contribution < -0.4 is 0 Å². The second kappa shape index (κ2) is 4.62. The van der Waals surface area contributed by atoms with Gasteiger partial charge in [-0.15, -0.1) is 0 Å². The molecule has 0 aliphatic rings. The van der Waals surface area contributed by atoms with E-state index in [9.17, 15) is 9.90 Å². The molecule has 0 radical (unpaired) electrons. The molecule has 1 aromatic carbocycles. The van der Waals surface area contributed by atoms with E-state index in [-0.39, 0.29) is 5.02 Å². The van der Waals surface area contributed by atoms with Gasteiger partial charge in [0.25, 0.3) is 0 Å². The fraction of sp³-hybridized carbons (Fsp3) is 0.364. The van der Waals surface area contributed by atoms with E-state index >= 15 is 0 Å². The van der Waals surface area contributed by atoms with Gasteiger partial charge < -0.3 is 10.2 Å². The van der Waals surface area contributed by atoms with Gasteiger partial charge in [0.2, 0.25) is 0 Å². The van der Waals surface area contributed by atoms with Gasteiger partial charge >= 0.3 is 5.97 Å². The molecule has 0 bridgehead atoms. The summed E-state index contributed by atoms with van der Waals surface area (Å²) in [6, 6.07) is 4.75. The van der Waals surface area contributed by atoms with Crippen molar-refractivity contribution >= 4 is 29.2 Å². The Morgan fingerprint density at radius 1 is 1.38 bits per heavy atom. The Morgan fingerprint density at radius 3 is 2.44 bits per heavy atom. The lowest BCUT2D eigenvalue weighted by molar-refractivity contribution is -0.153. The van der Waals surface area contributed by atoms with Crippen molar-refractivity contribution in [3.8, 4) is 0 Å². The first-order valence-electron chi connectivity index (χ1n) is 4.64. The van der Waals surface area contributed by atoms with Crippen LogP contribution in [0.1, 0.15) is 25.5 Å². The van der Waals surface area contributed by atoms with Crippen LogP contribution in [-0.2, 0) is 4.79 Å². The maximum atomic E-state index is 11.0. The molecule has 2 N–H and O–H groups in total. The molecule has 0 saturated heterocycles. The topological polar surface area (TPSA) is 57.5 Å². The third-order valence-corrected chi connectivity index (χ3v) is 3.34. The number of rotatable bonds is 3. The Hall–Kier alpha value is -0.770. The summed E-state index contributed by atoms with van der Waals surface area (Å²) >= 11 is 11.7. The van der Waals surface area contributed by atoms with Gasteiger partial charge in [0, 0.05) is 5.56 Å². The van der Waals surface area contributed by atoms with Gasteiger partial charge in [-0.2, -0.15) is 0 Å². The first-order valence-corrected chi connectivity index (χ1v) is 5.39. The lowest BCUT2D eigenvalue weighted by Gasteiger charge is -2.27. The first-order chi connectivity index (χ1) is 7.28. The average molecular weight is 263 g/mol. The minimum absolute atomic E-state index is 0.186. The van der Waals surface area contributed by atoms with Crippen LogP contribution in [0.2, 0.25) is 10.0 Å². The van der Waals surface area contributed by atoms with Gasteiger partial charge in [-0.25, -0.2) is 0 Å². The molecule has 1 atom stereocenters. The second-order valence-electron chi connectivity index (χ2n) is 4.07. The monoisotopic (exact) mass is 262 g/mol. The normalized spacial score (nSPS) is 13.6. The summed E-state index contributed by atoms with van der Waals surface area (Å²) in [4.78, 5) is 11.0. The zero-order valence-electron chi connectivity index (χ0n) is 8.87. The van der Waals surface area contributed by atoms with Gasteiger partial charge in [0.05, 0.1) is 21.6 Å². The number of aliphatic hydroxyl groups is 1. The van der Waals surface area contributed by atoms with Crippen LogP contribution in [0.15, 0.2) is 18.2 Å². The Labute approximate surface area is 104 Å². The highest BCUT2D eigenvalue weighted by molar-refractivity contribution is 6.42. The molecule has 0 fully saturated rings. The number of hydrogen-bond acceptors (Lipinski definition) is 2. The SMILES string of the molecule is CC(C)(C(=O)O)C(O)c1cccc(Cl)c1Cl. The molecule has 0 amide bonds. The standard InChI is InChI=1S/C11H12Cl2O3/c1-11(2,10(15)16)9(14)6-4-3-5-7(12)8(6)13/h3-5,9,14H,1-2H3,(H,15,16). The van der Waals surface area contributed by atoms with Crippen LogP contribution in [0.5, 0.6) is 0 Å². The van der Waals surface area contributed by atoms with Crippen LogP contribution in [0.3, 0.4) is 0 Å². The molecule has 1 aromatic rings. The van der Waals surface area contributed by atoms with E-state index in [4.69, 9.17) is 28.3 Å². The van der Waals surface area contributed by atoms with E-state index in [0.717, 1.165) is 0 Å². The van der Waals surface area contributed by atoms with Gasteiger partial charge in [-0.1, -0.05) is 35.3 Å². The number of aliphatic carboxylic acids is 1. The second-order valence-corrected chi connectivity index (χ2v) is 4.86. The fourth-order valence-electron chi connectivity index (χ4n) is 1.24. The van der Waals surface area contributed by atoms with Crippen LogP contribution in [-0.4, -0.2) is 16.2 Å². The summed E-state index contributed by atoms with van der Waals surface area (Å²) in [6.45, 7) is 2.86. The molecule has 1 unspecified atom stereocenters. The molecule has 0 aliphatic carbocycles. The smallest absolute Gasteiger partial charge is 0.312 e. The highest BCUT2D eigenvalue weighted by atomic mass is 35.5. The number of halogens is 2. The Balaban J connectivity index is 3.20. The molecular weight excluding hydrogens is 251 g/mol. The number of carboxylic acids is 1. The molecule has 88 valence electrons. The number of benzene rings is 1. The summed E-state index contributed by atoms with van der Waals surface area (Å²) in [5.74, 6) is -1.10. The Kier molecular flexibility index (Phi) is 3.84. The fourth-order valence-corrected chi connectivity index (χ4v) is 1.65. The summed E-state index contributed by atoms with van der Waals surface area (Å²) in [7, 11) is 0. The van der Waals surface area contributed by atoms with Crippen molar-refractivity contribution < 1.29 is 15.0 Å². The van der Waals surface area contributed by atoms with Crippen molar-refractivity contribution in [1.82, 2.24) is 0 Å². The molecular formula is C11H12Cl2O3. The van der Waals surface area contributed by atoms with Crippen molar-refractivity contribution in [3.05, 3.63) is 33.8 Å². The van der Waals surface area contributed by atoms with E-state index in [0.29, 0.717) is 10.6 Å². The zero-order chi connectivity index (χ0) is 12.5. The quantitative estimate of drug-likeness (QED) is 0.880. The van der Waals surface area contributed by atoms with E-state index in [2.05, 4.69) is 0 Å². The lowest BCUT2D eigenvalue weighted by Crippen LogP contribution is -2.31. The van der Waals surface area contributed by atoms with Crippen molar-refractivity contribution in [1.29, 1.82) is 0 Å². The minimum Gasteiger partial charge on any atom is -0.481 e. The third kappa shape index (κ3) is 2.32. The summed E-state index contributed by atoms with van der Waals surface area (Å²) < 4.78 is 0. The molecule has 0 spiro atoms. The number of aliphatic hydroxyl groups excluding tert-OH is 1. The van der Waals surface area contributed by atoms with Crippen molar-refractivity contribution in [2.45, 2.75) is 20.0 Å². The third-order valence-electron chi connectivity index (χ3n) is 2.51. The maximum Gasteiger partial charge on any atom is 0.312 e. The van der Waals surface area contributed by atoms with Crippen molar-refractivity contribution in [2.75, 3.05) is 0 Å². The van der Waals surface area contributed by atoms with Gasteiger partial charge in [0.15, 0.2) is 0 Å². The van der Waals surface area contributed by atoms with Gasteiger partial charge in [0.1, 0.15) is 0 Å². The molecule has 0 heterocycles. The number of carboxylic acid groups (broad SMARTS) is 1.